The molecule has 0 aromatic heterocycles. The molecule has 0 bridgehead atoms. The van der Waals surface area contributed by atoms with E-state index < -0.39 is 0 Å². The lowest BCUT2D eigenvalue weighted by Crippen LogP contribution is -2.45. The van der Waals surface area contributed by atoms with Crippen molar-refractivity contribution in [1.82, 2.24) is 10.6 Å². The maximum absolute atomic E-state index is 5.59. The third kappa shape index (κ3) is 4.76. The maximum atomic E-state index is 5.59. The summed E-state index contributed by atoms with van der Waals surface area (Å²) in [6, 6.07) is 18.3. The van der Waals surface area contributed by atoms with Crippen molar-refractivity contribution in [1.29, 1.82) is 0 Å². The molecule has 1 aliphatic heterocycles. The van der Waals surface area contributed by atoms with Crippen LogP contribution in [0, 0.1) is 5.92 Å². The summed E-state index contributed by atoms with van der Waals surface area (Å²) in [5, 5.41) is 7.92. The average Bonchev–Trinajstić information content (AvgIpc) is 2.97. The summed E-state index contributed by atoms with van der Waals surface area (Å²) in [6.45, 7) is 0.769. The Morgan fingerprint density at radius 2 is 1.76 bits per heavy atom. The average molecular weight is 395 g/mol. The Kier molecular flexibility index (Phi) is 6.73. The van der Waals surface area contributed by atoms with Crippen molar-refractivity contribution in [2.75, 3.05) is 14.2 Å². The highest BCUT2D eigenvalue weighted by Gasteiger charge is 2.35. The first-order valence-corrected chi connectivity index (χ1v) is 11.0. The van der Waals surface area contributed by atoms with Gasteiger partial charge in [0, 0.05) is 30.2 Å². The number of hydrogen-bond acceptors (Lipinski definition) is 4. The Morgan fingerprint density at radius 3 is 2.55 bits per heavy atom. The first-order valence-electron chi connectivity index (χ1n) is 11.0. The molecule has 4 atom stereocenters. The molecule has 0 amide bonds. The molecule has 1 heterocycles. The summed E-state index contributed by atoms with van der Waals surface area (Å²) in [4.78, 5) is 0. The molecule has 2 aromatic rings. The minimum atomic E-state index is 0.334. The van der Waals surface area contributed by atoms with Gasteiger partial charge in [0.1, 0.15) is 11.5 Å². The molecule has 4 unspecified atom stereocenters. The van der Waals surface area contributed by atoms with E-state index in [1.807, 2.05) is 12.1 Å². The zero-order valence-corrected chi connectivity index (χ0v) is 17.7. The summed E-state index contributed by atoms with van der Waals surface area (Å²) in [7, 11) is 3.44. The molecule has 29 heavy (non-hydrogen) atoms. The van der Waals surface area contributed by atoms with E-state index in [0.717, 1.165) is 29.5 Å². The Bertz CT molecular complexity index is 780. The SMILES string of the molecule is COc1ccc(OC)c(CNC2CCC3CCCCC3NC2c2ccccc2)c1. The van der Waals surface area contributed by atoms with Crippen LogP contribution in [-0.4, -0.2) is 26.3 Å². The molecular formula is C25H34N2O2. The van der Waals surface area contributed by atoms with Crippen LogP contribution in [0.5, 0.6) is 11.5 Å². The van der Waals surface area contributed by atoms with Gasteiger partial charge in [0.25, 0.3) is 0 Å². The molecule has 0 radical (unpaired) electrons. The lowest BCUT2D eigenvalue weighted by Gasteiger charge is -2.34. The van der Waals surface area contributed by atoms with Gasteiger partial charge in [0.15, 0.2) is 0 Å². The summed E-state index contributed by atoms with van der Waals surface area (Å²) >= 11 is 0. The van der Waals surface area contributed by atoms with Gasteiger partial charge >= 0.3 is 0 Å². The van der Waals surface area contributed by atoms with Crippen LogP contribution in [0.2, 0.25) is 0 Å². The van der Waals surface area contributed by atoms with Crippen molar-refractivity contribution in [2.24, 2.45) is 5.92 Å². The van der Waals surface area contributed by atoms with Crippen LogP contribution in [-0.2, 0) is 6.54 Å². The largest absolute Gasteiger partial charge is 0.497 e. The molecule has 1 aliphatic carbocycles. The smallest absolute Gasteiger partial charge is 0.123 e. The molecule has 2 aromatic carbocycles. The second kappa shape index (κ2) is 9.64. The fourth-order valence-corrected chi connectivity index (χ4v) is 5.15. The third-order valence-electron chi connectivity index (χ3n) is 6.75. The summed E-state index contributed by atoms with van der Waals surface area (Å²) in [5.41, 5.74) is 2.52. The second-order valence-electron chi connectivity index (χ2n) is 8.45. The van der Waals surface area contributed by atoms with Crippen molar-refractivity contribution >= 4 is 0 Å². The fraction of sp³-hybridized carbons (Fsp3) is 0.520. The van der Waals surface area contributed by atoms with Crippen LogP contribution >= 0.6 is 0 Å². The van der Waals surface area contributed by atoms with Gasteiger partial charge in [-0.15, -0.1) is 0 Å². The van der Waals surface area contributed by atoms with Crippen LogP contribution in [0.3, 0.4) is 0 Å². The van der Waals surface area contributed by atoms with Gasteiger partial charge in [0.05, 0.1) is 14.2 Å². The van der Waals surface area contributed by atoms with E-state index >= 15 is 0 Å². The number of rotatable bonds is 6. The van der Waals surface area contributed by atoms with Crippen molar-refractivity contribution in [3.8, 4) is 11.5 Å². The fourth-order valence-electron chi connectivity index (χ4n) is 5.15. The number of hydrogen-bond donors (Lipinski definition) is 2. The van der Waals surface area contributed by atoms with E-state index in [9.17, 15) is 0 Å². The lowest BCUT2D eigenvalue weighted by molar-refractivity contribution is 0.253. The van der Waals surface area contributed by atoms with E-state index in [4.69, 9.17) is 9.47 Å². The zero-order valence-electron chi connectivity index (χ0n) is 17.7. The van der Waals surface area contributed by atoms with E-state index in [2.05, 4.69) is 47.0 Å². The number of methoxy groups -OCH3 is 2. The molecule has 2 N–H and O–H groups in total. The Labute approximate surface area is 175 Å². The zero-order chi connectivity index (χ0) is 20.1. The topological polar surface area (TPSA) is 42.5 Å². The minimum absolute atomic E-state index is 0.334. The quantitative estimate of drug-likeness (QED) is 0.735. The number of nitrogens with one attached hydrogen (secondary N) is 2. The van der Waals surface area contributed by atoms with Crippen LogP contribution < -0.4 is 20.1 Å². The molecule has 0 spiro atoms. The number of ether oxygens (including phenoxy) is 2. The van der Waals surface area contributed by atoms with Gasteiger partial charge in [-0.3, -0.25) is 0 Å². The number of benzene rings is 2. The highest BCUT2D eigenvalue weighted by Crippen LogP contribution is 2.36. The summed E-state index contributed by atoms with van der Waals surface area (Å²) < 4.78 is 11.0. The maximum Gasteiger partial charge on any atom is 0.123 e. The third-order valence-corrected chi connectivity index (χ3v) is 6.75. The molecule has 1 saturated carbocycles. The Morgan fingerprint density at radius 1 is 0.931 bits per heavy atom. The van der Waals surface area contributed by atoms with Gasteiger partial charge < -0.3 is 20.1 Å². The first kappa shape index (κ1) is 20.2. The van der Waals surface area contributed by atoms with Gasteiger partial charge in [-0.25, -0.2) is 0 Å². The highest BCUT2D eigenvalue weighted by atomic mass is 16.5. The van der Waals surface area contributed by atoms with Crippen molar-refractivity contribution < 1.29 is 9.47 Å². The Balaban J connectivity index is 1.55. The van der Waals surface area contributed by atoms with Crippen molar-refractivity contribution in [2.45, 2.75) is 63.2 Å². The van der Waals surface area contributed by atoms with Gasteiger partial charge in [-0.1, -0.05) is 43.2 Å². The molecule has 2 aliphatic rings. The van der Waals surface area contributed by atoms with Crippen LogP contribution in [0.25, 0.3) is 0 Å². The second-order valence-corrected chi connectivity index (χ2v) is 8.45. The van der Waals surface area contributed by atoms with Gasteiger partial charge in [-0.2, -0.15) is 0 Å². The summed E-state index contributed by atoms with van der Waals surface area (Å²) in [6.07, 6.45) is 7.92. The van der Waals surface area contributed by atoms with E-state index in [1.54, 1.807) is 14.2 Å². The predicted octanol–water partition coefficient (Wildman–Crippen LogP) is 4.85. The Hall–Kier alpha value is -2.04. The molecule has 4 rings (SSSR count). The number of fused-ring (bicyclic) bond motifs is 1. The summed E-state index contributed by atoms with van der Waals surface area (Å²) in [5.74, 6) is 2.59. The normalized spacial score (nSPS) is 27.0. The minimum Gasteiger partial charge on any atom is -0.497 e. The van der Waals surface area contributed by atoms with Crippen LogP contribution in [0.1, 0.15) is 55.7 Å². The van der Waals surface area contributed by atoms with Gasteiger partial charge in [-0.05, 0) is 55.4 Å². The standard InChI is InChI=1S/C25H34N2O2/c1-28-21-13-15-24(29-2)20(16-21)17-26-23-14-12-18-8-6-7-11-22(18)27-25(23)19-9-4-3-5-10-19/h3-5,9-10,13,15-16,18,22-23,25-27H,6-8,11-12,14,17H2,1-2H3. The lowest BCUT2D eigenvalue weighted by atomic mass is 9.82. The molecule has 4 heteroatoms. The van der Waals surface area contributed by atoms with Crippen LogP contribution in [0.4, 0.5) is 0 Å². The molecule has 1 saturated heterocycles. The molecule has 4 nitrogen and oxygen atoms in total. The first-order chi connectivity index (χ1) is 14.3. The molecular weight excluding hydrogens is 360 g/mol. The van der Waals surface area contributed by atoms with E-state index in [-0.39, 0.29) is 0 Å². The molecule has 2 fully saturated rings. The highest BCUT2D eigenvalue weighted by molar-refractivity contribution is 5.40. The molecule has 156 valence electrons. The van der Waals surface area contributed by atoms with Gasteiger partial charge in [0.2, 0.25) is 0 Å². The van der Waals surface area contributed by atoms with E-state index in [0.29, 0.717) is 18.1 Å². The van der Waals surface area contributed by atoms with Crippen molar-refractivity contribution in [3.63, 3.8) is 0 Å². The van der Waals surface area contributed by atoms with E-state index in [1.165, 1.54) is 44.1 Å². The monoisotopic (exact) mass is 394 g/mol. The van der Waals surface area contributed by atoms with Crippen molar-refractivity contribution in [3.05, 3.63) is 59.7 Å². The van der Waals surface area contributed by atoms with Crippen LogP contribution in [0.15, 0.2) is 48.5 Å². The predicted molar refractivity (Wildman–Crippen MR) is 117 cm³/mol.